The van der Waals surface area contributed by atoms with E-state index in [2.05, 4.69) is 11.9 Å². The Morgan fingerprint density at radius 1 is 1.35 bits per heavy atom. The van der Waals surface area contributed by atoms with Crippen LogP contribution < -0.4 is 5.73 Å². The fourth-order valence-electron chi connectivity index (χ4n) is 1.92. The summed E-state index contributed by atoms with van der Waals surface area (Å²) in [5.74, 6) is 0.708. The van der Waals surface area contributed by atoms with Gasteiger partial charge in [-0.05, 0) is 30.2 Å². The summed E-state index contributed by atoms with van der Waals surface area (Å²) in [6, 6.07) is 4.72. The highest BCUT2D eigenvalue weighted by Crippen LogP contribution is 2.15. The third kappa shape index (κ3) is 2.53. The number of hydrogen-bond acceptors (Lipinski definition) is 2. The lowest BCUT2D eigenvalue weighted by Crippen LogP contribution is -2.07. The third-order valence-corrected chi connectivity index (χ3v) is 2.88. The Morgan fingerprint density at radius 3 is 2.88 bits per heavy atom. The molecule has 0 saturated carbocycles. The average molecular weight is 233 g/mol. The lowest BCUT2D eigenvalue weighted by molar-refractivity contribution is 0.623. The molecular formula is C13H16FN3. The number of nitrogens with two attached hydrogens (primary N) is 1. The van der Waals surface area contributed by atoms with Gasteiger partial charge in [-0.2, -0.15) is 0 Å². The van der Waals surface area contributed by atoms with Gasteiger partial charge in [0.2, 0.25) is 0 Å². The molecule has 2 rings (SSSR count). The molecule has 90 valence electrons. The number of imidazole rings is 1. The van der Waals surface area contributed by atoms with Crippen LogP contribution in [0.1, 0.15) is 23.9 Å². The highest BCUT2D eigenvalue weighted by Gasteiger charge is 2.07. The first-order chi connectivity index (χ1) is 8.24. The largest absolute Gasteiger partial charge is 0.335 e. The van der Waals surface area contributed by atoms with Crippen molar-refractivity contribution in [3.8, 4) is 0 Å². The molecule has 0 unspecified atom stereocenters. The van der Waals surface area contributed by atoms with E-state index in [1.54, 1.807) is 12.3 Å². The van der Waals surface area contributed by atoms with Crippen LogP contribution in [0.15, 0.2) is 30.6 Å². The number of halogens is 1. The van der Waals surface area contributed by atoms with Crippen LogP contribution in [0.5, 0.6) is 0 Å². The van der Waals surface area contributed by atoms with E-state index in [4.69, 9.17) is 5.73 Å². The molecular weight excluding hydrogens is 217 g/mol. The molecule has 2 aromatic rings. The van der Waals surface area contributed by atoms with Gasteiger partial charge in [-0.1, -0.05) is 6.07 Å². The van der Waals surface area contributed by atoms with Gasteiger partial charge in [0.05, 0.1) is 0 Å². The van der Waals surface area contributed by atoms with Crippen LogP contribution in [0.2, 0.25) is 0 Å². The van der Waals surface area contributed by atoms with E-state index < -0.39 is 0 Å². The lowest BCUT2D eigenvalue weighted by Gasteiger charge is -2.09. The molecule has 0 saturated heterocycles. The van der Waals surface area contributed by atoms with Gasteiger partial charge in [-0.15, -0.1) is 0 Å². The highest BCUT2D eigenvalue weighted by atomic mass is 19.1. The minimum Gasteiger partial charge on any atom is -0.335 e. The Bertz CT molecular complexity index is 505. The standard InChI is InChI=1S/C13H16FN3/c1-2-17-6-5-16-13(17)8-11-7-12(14)4-3-10(11)9-15/h3-7H,2,8-9,15H2,1H3. The van der Waals surface area contributed by atoms with Gasteiger partial charge < -0.3 is 10.3 Å². The van der Waals surface area contributed by atoms with Crippen LogP contribution in [-0.2, 0) is 19.5 Å². The van der Waals surface area contributed by atoms with E-state index in [9.17, 15) is 4.39 Å². The Hall–Kier alpha value is -1.68. The zero-order valence-corrected chi connectivity index (χ0v) is 9.86. The molecule has 1 heterocycles. The van der Waals surface area contributed by atoms with Gasteiger partial charge in [-0.25, -0.2) is 9.37 Å². The van der Waals surface area contributed by atoms with Crippen molar-refractivity contribution in [3.63, 3.8) is 0 Å². The highest BCUT2D eigenvalue weighted by molar-refractivity contribution is 5.30. The summed E-state index contributed by atoms with van der Waals surface area (Å²) >= 11 is 0. The van der Waals surface area contributed by atoms with Gasteiger partial charge in [0, 0.05) is 31.9 Å². The van der Waals surface area contributed by atoms with Crippen molar-refractivity contribution in [2.24, 2.45) is 5.73 Å². The zero-order chi connectivity index (χ0) is 12.3. The number of aromatic nitrogens is 2. The number of rotatable bonds is 4. The summed E-state index contributed by atoms with van der Waals surface area (Å²) in [4.78, 5) is 4.29. The molecule has 17 heavy (non-hydrogen) atoms. The molecule has 0 fully saturated rings. The summed E-state index contributed by atoms with van der Waals surface area (Å²) in [5.41, 5.74) is 7.53. The van der Waals surface area contributed by atoms with Gasteiger partial charge in [-0.3, -0.25) is 0 Å². The van der Waals surface area contributed by atoms with E-state index in [-0.39, 0.29) is 5.82 Å². The van der Waals surface area contributed by atoms with Crippen molar-refractivity contribution < 1.29 is 4.39 Å². The summed E-state index contributed by atoms with van der Waals surface area (Å²) in [6.45, 7) is 3.34. The van der Waals surface area contributed by atoms with Crippen molar-refractivity contribution in [2.45, 2.75) is 26.4 Å². The number of nitrogens with zero attached hydrogens (tertiary/aromatic N) is 2. The second-order valence-electron chi connectivity index (χ2n) is 3.92. The van der Waals surface area contributed by atoms with Crippen molar-refractivity contribution in [2.75, 3.05) is 0 Å². The quantitative estimate of drug-likeness (QED) is 0.878. The first-order valence-electron chi connectivity index (χ1n) is 5.72. The fraction of sp³-hybridized carbons (Fsp3) is 0.308. The molecule has 0 aliphatic heterocycles. The van der Waals surface area contributed by atoms with Crippen LogP contribution in [0.3, 0.4) is 0 Å². The number of aryl methyl sites for hydroxylation is 1. The smallest absolute Gasteiger partial charge is 0.123 e. The van der Waals surface area contributed by atoms with Crippen LogP contribution in [0, 0.1) is 5.82 Å². The van der Waals surface area contributed by atoms with Gasteiger partial charge in [0.15, 0.2) is 0 Å². The van der Waals surface area contributed by atoms with Crippen LogP contribution >= 0.6 is 0 Å². The zero-order valence-electron chi connectivity index (χ0n) is 9.86. The van der Waals surface area contributed by atoms with Crippen molar-refractivity contribution in [1.82, 2.24) is 9.55 Å². The monoisotopic (exact) mass is 233 g/mol. The summed E-state index contributed by atoms with van der Waals surface area (Å²) < 4.78 is 15.3. The minimum atomic E-state index is -0.230. The van der Waals surface area contributed by atoms with E-state index >= 15 is 0 Å². The maximum absolute atomic E-state index is 13.2. The molecule has 2 N–H and O–H groups in total. The van der Waals surface area contributed by atoms with E-state index in [1.165, 1.54) is 12.1 Å². The molecule has 0 spiro atoms. The summed E-state index contributed by atoms with van der Waals surface area (Å²) in [5, 5.41) is 0. The molecule has 0 amide bonds. The van der Waals surface area contributed by atoms with Crippen LogP contribution in [0.4, 0.5) is 4.39 Å². The predicted molar refractivity (Wildman–Crippen MR) is 65.0 cm³/mol. The van der Waals surface area contributed by atoms with Crippen LogP contribution in [-0.4, -0.2) is 9.55 Å². The molecule has 4 heteroatoms. The maximum atomic E-state index is 13.2. The summed E-state index contributed by atoms with van der Waals surface area (Å²) in [6.07, 6.45) is 4.31. The molecule has 0 atom stereocenters. The Morgan fingerprint density at radius 2 is 2.18 bits per heavy atom. The van der Waals surface area contributed by atoms with Gasteiger partial charge in [0.25, 0.3) is 0 Å². The molecule has 0 bridgehead atoms. The van der Waals surface area contributed by atoms with Crippen molar-refractivity contribution >= 4 is 0 Å². The van der Waals surface area contributed by atoms with Crippen molar-refractivity contribution in [1.29, 1.82) is 0 Å². The van der Waals surface area contributed by atoms with Gasteiger partial charge >= 0.3 is 0 Å². The predicted octanol–water partition coefficient (Wildman–Crippen LogP) is 2.09. The first-order valence-corrected chi connectivity index (χ1v) is 5.72. The molecule has 3 nitrogen and oxygen atoms in total. The molecule has 0 aliphatic rings. The molecule has 0 aliphatic carbocycles. The number of benzene rings is 1. The average Bonchev–Trinajstić information content (AvgIpc) is 2.77. The normalized spacial score (nSPS) is 10.8. The first kappa shape index (κ1) is 11.8. The van der Waals surface area contributed by atoms with Crippen molar-refractivity contribution in [3.05, 3.63) is 53.4 Å². The molecule has 1 aromatic heterocycles. The number of hydrogen-bond donors (Lipinski definition) is 1. The maximum Gasteiger partial charge on any atom is 0.123 e. The molecule has 1 aromatic carbocycles. The van der Waals surface area contributed by atoms with Gasteiger partial charge in [0.1, 0.15) is 11.6 Å². The third-order valence-electron chi connectivity index (χ3n) is 2.88. The van der Waals surface area contributed by atoms with E-state index in [0.717, 1.165) is 23.5 Å². The second-order valence-corrected chi connectivity index (χ2v) is 3.92. The Balaban J connectivity index is 2.32. The SMILES string of the molecule is CCn1ccnc1Cc1cc(F)ccc1CN. The lowest BCUT2D eigenvalue weighted by atomic mass is 10.0. The summed E-state index contributed by atoms with van der Waals surface area (Å²) in [7, 11) is 0. The topological polar surface area (TPSA) is 43.8 Å². The Kier molecular flexibility index (Phi) is 3.54. The van der Waals surface area contributed by atoms with E-state index in [0.29, 0.717) is 13.0 Å². The van der Waals surface area contributed by atoms with E-state index in [1.807, 2.05) is 10.8 Å². The Labute approximate surface area is 100 Å². The second kappa shape index (κ2) is 5.10. The molecule has 0 radical (unpaired) electrons. The minimum absolute atomic E-state index is 0.230. The fourth-order valence-corrected chi connectivity index (χ4v) is 1.92. The van der Waals surface area contributed by atoms with Crippen LogP contribution in [0.25, 0.3) is 0 Å².